The Morgan fingerprint density at radius 2 is 2.12 bits per heavy atom. The first-order valence-corrected chi connectivity index (χ1v) is 7.77. The summed E-state index contributed by atoms with van der Waals surface area (Å²) in [4.78, 5) is 12.1. The number of anilines is 1. The Kier molecular flexibility index (Phi) is 3.34. The van der Waals surface area contributed by atoms with E-state index in [1.807, 2.05) is 6.07 Å². The van der Waals surface area contributed by atoms with Crippen molar-refractivity contribution in [2.75, 3.05) is 5.32 Å². The fourth-order valence-corrected chi connectivity index (χ4v) is 3.10. The largest absolute Gasteiger partial charge is 0.448 e. The predicted molar refractivity (Wildman–Crippen MR) is 82.3 cm³/mol. The summed E-state index contributed by atoms with van der Waals surface area (Å²) >= 11 is 0. The van der Waals surface area contributed by atoms with E-state index in [2.05, 4.69) is 15.5 Å². The minimum absolute atomic E-state index is 0.0335. The average Bonchev–Trinajstić information content (AvgIpc) is 3.27. The zero-order valence-electron chi connectivity index (χ0n) is 12.9. The molecule has 1 aromatic carbocycles. The Labute approximate surface area is 138 Å². The molecule has 1 amide bonds. The number of nitrogens with zero attached hydrogens (tertiary/aromatic N) is 4. The second-order valence-electron chi connectivity index (χ2n) is 5.93. The van der Waals surface area contributed by atoms with Gasteiger partial charge >= 0.3 is 0 Å². The van der Waals surface area contributed by atoms with E-state index < -0.39 is 5.79 Å². The summed E-state index contributed by atoms with van der Waals surface area (Å²) in [6.45, 7) is -0.0335. The van der Waals surface area contributed by atoms with Crippen molar-refractivity contribution >= 4 is 11.6 Å². The van der Waals surface area contributed by atoms with Gasteiger partial charge in [-0.2, -0.15) is 5.26 Å². The first-order valence-electron chi connectivity index (χ1n) is 7.77. The monoisotopic (exact) mass is 325 g/mol. The Morgan fingerprint density at radius 1 is 1.33 bits per heavy atom. The number of nitrogens with one attached hydrogen (secondary N) is 1. The highest BCUT2D eigenvalue weighted by Crippen LogP contribution is 2.47. The van der Waals surface area contributed by atoms with E-state index >= 15 is 0 Å². The molecule has 1 fully saturated rings. The summed E-state index contributed by atoms with van der Waals surface area (Å²) in [6, 6.07) is 7.21. The van der Waals surface area contributed by atoms with Gasteiger partial charge in [0.05, 0.1) is 0 Å². The van der Waals surface area contributed by atoms with Gasteiger partial charge in [0.25, 0.3) is 5.79 Å². The van der Waals surface area contributed by atoms with Gasteiger partial charge in [-0.05, 0) is 25.0 Å². The van der Waals surface area contributed by atoms with Crippen molar-refractivity contribution in [3.05, 3.63) is 30.4 Å². The number of benzene rings is 1. The zero-order valence-corrected chi connectivity index (χ0v) is 12.9. The van der Waals surface area contributed by atoms with Crippen LogP contribution < -0.4 is 14.8 Å². The van der Waals surface area contributed by atoms with Crippen molar-refractivity contribution in [3.63, 3.8) is 0 Å². The molecule has 0 saturated heterocycles. The van der Waals surface area contributed by atoms with Crippen molar-refractivity contribution < 1.29 is 14.3 Å². The van der Waals surface area contributed by atoms with Crippen LogP contribution >= 0.6 is 0 Å². The molecule has 1 spiro atoms. The lowest BCUT2D eigenvalue weighted by atomic mass is 10.2. The molecule has 0 radical (unpaired) electrons. The van der Waals surface area contributed by atoms with Crippen molar-refractivity contribution in [1.29, 1.82) is 5.26 Å². The van der Waals surface area contributed by atoms with Crippen LogP contribution in [0.4, 0.5) is 5.69 Å². The highest BCUT2D eigenvalue weighted by Gasteiger charge is 2.44. The number of rotatable bonds is 3. The second kappa shape index (κ2) is 5.53. The third-order valence-electron chi connectivity index (χ3n) is 4.21. The summed E-state index contributed by atoms with van der Waals surface area (Å²) in [5, 5.41) is 18.9. The third-order valence-corrected chi connectivity index (χ3v) is 4.21. The van der Waals surface area contributed by atoms with Crippen LogP contribution in [0.2, 0.25) is 0 Å². The van der Waals surface area contributed by atoms with Gasteiger partial charge in [0, 0.05) is 24.6 Å². The minimum atomic E-state index is -0.519. The van der Waals surface area contributed by atoms with Gasteiger partial charge in [0.15, 0.2) is 11.5 Å². The second-order valence-corrected chi connectivity index (χ2v) is 5.93. The van der Waals surface area contributed by atoms with Crippen LogP contribution in [0.3, 0.4) is 0 Å². The molecular formula is C16H15N5O3. The lowest BCUT2D eigenvalue weighted by Crippen LogP contribution is -2.34. The third kappa shape index (κ3) is 2.54. The molecule has 1 N–H and O–H groups in total. The average molecular weight is 325 g/mol. The van der Waals surface area contributed by atoms with Gasteiger partial charge < -0.3 is 14.8 Å². The van der Waals surface area contributed by atoms with Crippen molar-refractivity contribution in [2.24, 2.45) is 0 Å². The smallest absolute Gasteiger partial charge is 0.251 e. The molecule has 122 valence electrons. The number of aromatic nitrogens is 3. The van der Waals surface area contributed by atoms with E-state index in [1.165, 1.54) is 10.9 Å². The molecule has 0 atom stereocenters. The van der Waals surface area contributed by atoms with Crippen LogP contribution in [0, 0.1) is 11.3 Å². The molecule has 1 aliphatic carbocycles. The number of nitriles is 1. The Hall–Kier alpha value is -3.08. The summed E-state index contributed by atoms with van der Waals surface area (Å²) in [7, 11) is 0. The molecule has 24 heavy (non-hydrogen) atoms. The molecule has 1 aromatic heterocycles. The SMILES string of the molecule is N#Cc1nncn1CC(=O)Nc1ccc2c(c1)OC1(CCCC1)O2. The van der Waals surface area contributed by atoms with Gasteiger partial charge in [0.1, 0.15) is 18.9 Å². The molecule has 8 nitrogen and oxygen atoms in total. The number of carbonyl (C=O) groups is 1. The zero-order chi connectivity index (χ0) is 16.6. The number of ether oxygens (including phenoxy) is 2. The van der Waals surface area contributed by atoms with Crippen LogP contribution in [0.15, 0.2) is 24.5 Å². The van der Waals surface area contributed by atoms with Crippen molar-refractivity contribution in [1.82, 2.24) is 14.8 Å². The van der Waals surface area contributed by atoms with E-state index in [-0.39, 0.29) is 18.3 Å². The predicted octanol–water partition coefficient (Wildman–Crippen LogP) is 1.83. The normalized spacial score (nSPS) is 17.0. The number of hydrogen-bond acceptors (Lipinski definition) is 6. The maximum atomic E-state index is 12.1. The minimum Gasteiger partial charge on any atom is -0.448 e. The highest BCUT2D eigenvalue weighted by atomic mass is 16.7. The van der Waals surface area contributed by atoms with Crippen LogP contribution in [0.1, 0.15) is 31.5 Å². The maximum Gasteiger partial charge on any atom is 0.251 e. The molecule has 4 rings (SSSR count). The first-order chi connectivity index (χ1) is 11.7. The fraction of sp³-hybridized carbons (Fsp3) is 0.375. The molecule has 0 unspecified atom stereocenters. The molecule has 2 heterocycles. The molecule has 2 aliphatic rings. The molecule has 1 aliphatic heterocycles. The van der Waals surface area contributed by atoms with E-state index in [4.69, 9.17) is 14.7 Å². The fourth-order valence-electron chi connectivity index (χ4n) is 3.10. The lowest BCUT2D eigenvalue weighted by Gasteiger charge is -2.21. The van der Waals surface area contributed by atoms with Gasteiger partial charge in [-0.25, -0.2) is 0 Å². The standard InChI is InChI=1S/C16H15N5O3/c17-8-14-20-18-10-21(14)9-15(22)19-11-3-4-12-13(7-11)24-16(23-12)5-1-2-6-16/h3-4,7,10H,1-2,5-6,9H2,(H,19,22). The Balaban J connectivity index is 1.45. The van der Waals surface area contributed by atoms with E-state index in [0.717, 1.165) is 25.7 Å². The van der Waals surface area contributed by atoms with Crippen molar-refractivity contribution in [2.45, 2.75) is 38.0 Å². The van der Waals surface area contributed by atoms with Crippen LogP contribution in [-0.2, 0) is 11.3 Å². The van der Waals surface area contributed by atoms with Crippen LogP contribution in [0.25, 0.3) is 0 Å². The summed E-state index contributed by atoms with van der Waals surface area (Å²) in [6.07, 6.45) is 5.30. The summed E-state index contributed by atoms with van der Waals surface area (Å²) < 4.78 is 13.3. The number of amides is 1. The number of fused-ring (bicyclic) bond motifs is 1. The molecular weight excluding hydrogens is 310 g/mol. The molecule has 2 aromatic rings. The van der Waals surface area contributed by atoms with Gasteiger partial charge in [0.2, 0.25) is 11.7 Å². The van der Waals surface area contributed by atoms with Gasteiger partial charge in [-0.15, -0.1) is 10.2 Å². The highest BCUT2D eigenvalue weighted by molar-refractivity contribution is 5.91. The van der Waals surface area contributed by atoms with Gasteiger partial charge in [-0.3, -0.25) is 9.36 Å². The first kappa shape index (κ1) is 14.5. The Bertz CT molecular complexity index is 832. The molecule has 0 bridgehead atoms. The van der Waals surface area contributed by atoms with Crippen LogP contribution in [0.5, 0.6) is 11.5 Å². The Morgan fingerprint density at radius 3 is 2.92 bits per heavy atom. The lowest BCUT2D eigenvalue weighted by molar-refractivity contribution is -0.116. The van der Waals surface area contributed by atoms with E-state index in [0.29, 0.717) is 17.2 Å². The quantitative estimate of drug-likeness (QED) is 0.923. The summed E-state index contributed by atoms with van der Waals surface area (Å²) in [5.41, 5.74) is 0.615. The maximum absolute atomic E-state index is 12.1. The molecule has 8 heteroatoms. The van der Waals surface area contributed by atoms with E-state index in [9.17, 15) is 4.79 Å². The number of hydrogen-bond donors (Lipinski definition) is 1. The van der Waals surface area contributed by atoms with E-state index in [1.54, 1.807) is 18.2 Å². The summed E-state index contributed by atoms with van der Waals surface area (Å²) in [5.74, 6) is 0.659. The van der Waals surface area contributed by atoms with Crippen LogP contribution in [-0.4, -0.2) is 26.5 Å². The van der Waals surface area contributed by atoms with Crippen molar-refractivity contribution in [3.8, 4) is 17.6 Å². The number of carbonyl (C=O) groups excluding carboxylic acids is 1. The molecule has 1 saturated carbocycles. The van der Waals surface area contributed by atoms with Gasteiger partial charge in [-0.1, -0.05) is 0 Å². The topological polar surface area (TPSA) is 102 Å².